The lowest BCUT2D eigenvalue weighted by Gasteiger charge is -2.10. The highest BCUT2D eigenvalue weighted by molar-refractivity contribution is 9.10. The summed E-state index contributed by atoms with van der Waals surface area (Å²) in [5.74, 6) is -2.93. The fourth-order valence-corrected chi connectivity index (χ4v) is 2.47. The summed E-state index contributed by atoms with van der Waals surface area (Å²) in [5.41, 5.74) is -0.868. The van der Waals surface area contributed by atoms with Crippen LogP contribution in [0.5, 0.6) is 0 Å². The Morgan fingerprint density at radius 1 is 1.35 bits per heavy atom. The molecule has 0 fully saturated rings. The van der Waals surface area contributed by atoms with Gasteiger partial charge in [-0.1, -0.05) is 15.9 Å². The summed E-state index contributed by atoms with van der Waals surface area (Å²) in [6.07, 6.45) is -4.68. The van der Waals surface area contributed by atoms with Gasteiger partial charge in [-0.3, -0.25) is 4.79 Å². The number of sulfonamides is 1. The molecule has 0 aliphatic carbocycles. The summed E-state index contributed by atoms with van der Waals surface area (Å²) in [6, 6.07) is 1.64. The molecule has 11 heteroatoms. The van der Waals surface area contributed by atoms with Crippen LogP contribution in [0.3, 0.4) is 0 Å². The number of carbonyl (C=O) groups excluding carboxylic acids is 1. The molecule has 0 aliphatic rings. The van der Waals surface area contributed by atoms with Gasteiger partial charge in [0.2, 0.25) is 10.0 Å². The molecule has 0 bridgehead atoms. The van der Waals surface area contributed by atoms with E-state index in [4.69, 9.17) is 5.14 Å². The number of rotatable bonds is 3. The highest BCUT2D eigenvalue weighted by Gasteiger charge is 2.29. The summed E-state index contributed by atoms with van der Waals surface area (Å²) in [5, 5.41) is 6.16. The van der Waals surface area contributed by atoms with Crippen molar-refractivity contribution in [3.63, 3.8) is 0 Å². The Bertz CT molecular complexity index is 645. The van der Waals surface area contributed by atoms with E-state index < -0.39 is 44.9 Å². The zero-order valence-electron chi connectivity index (χ0n) is 9.46. The third kappa shape index (κ3) is 4.42. The van der Waals surface area contributed by atoms with Gasteiger partial charge in [-0.2, -0.15) is 13.2 Å². The molecule has 0 radical (unpaired) electrons. The van der Waals surface area contributed by atoms with Crippen LogP contribution in [-0.2, 0) is 10.0 Å². The van der Waals surface area contributed by atoms with Gasteiger partial charge in [-0.05, 0) is 12.1 Å². The predicted octanol–water partition coefficient (Wildman–Crippen LogP) is 1.53. The molecular formula is C9H7BrF4N2O3S. The van der Waals surface area contributed by atoms with Gasteiger partial charge in [0.1, 0.15) is 11.4 Å². The first kappa shape index (κ1) is 16.9. The lowest BCUT2D eigenvalue weighted by molar-refractivity contribution is -0.123. The molecule has 5 nitrogen and oxygen atoms in total. The molecule has 1 rings (SSSR count). The van der Waals surface area contributed by atoms with Gasteiger partial charge in [0.25, 0.3) is 5.91 Å². The quantitative estimate of drug-likeness (QED) is 0.781. The molecule has 0 aliphatic heterocycles. The molecule has 0 saturated heterocycles. The first-order chi connectivity index (χ1) is 8.92. The Morgan fingerprint density at radius 3 is 2.35 bits per heavy atom. The van der Waals surface area contributed by atoms with E-state index in [1.165, 1.54) is 5.32 Å². The number of primary sulfonamides is 1. The number of amides is 1. The molecule has 1 aromatic carbocycles. The molecule has 20 heavy (non-hydrogen) atoms. The summed E-state index contributed by atoms with van der Waals surface area (Å²) in [4.78, 5) is 10.4. The van der Waals surface area contributed by atoms with Crippen molar-refractivity contribution in [1.82, 2.24) is 5.32 Å². The van der Waals surface area contributed by atoms with Crippen molar-refractivity contribution in [3.05, 3.63) is 28.0 Å². The normalized spacial score (nSPS) is 12.3. The van der Waals surface area contributed by atoms with Gasteiger partial charge in [-0.15, -0.1) is 0 Å². The number of alkyl halides is 3. The fourth-order valence-electron chi connectivity index (χ4n) is 1.21. The highest BCUT2D eigenvalue weighted by atomic mass is 79.9. The molecule has 0 unspecified atom stereocenters. The Kier molecular flexibility index (Phi) is 4.77. The van der Waals surface area contributed by atoms with Gasteiger partial charge in [0, 0.05) is 4.47 Å². The number of nitrogens with two attached hydrogens (primary N) is 1. The van der Waals surface area contributed by atoms with Gasteiger partial charge in [-0.25, -0.2) is 17.9 Å². The van der Waals surface area contributed by atoms with Crippen molar-refractivity contribution in [2.24, 2.45) is 5.14 Å². The zero-order valence-corrected chi connectivity index (χ0v) is 11.9. The van der Waals surface area contributed by atoms with Crippen molar-refractivity contribution < 1.29 is 30.8 Å². The molecule has 0 atom stereocenters. The van der Waals surface area contributed by atoms with E-state index in [2.05, 4.69) is 15.9 Å². The number of hydrogen-bond acceptors (Lipinski definition) is 3. The smallest absolute Gasteiger partial charge is 0.343 e. The highest BCUT2D eigenvalue weighted by Crippen LogP contribution is 2.23. The van der Waals surface area contributed by atoms with Crippen LogP contribution in [0.4, 0.5) is 17.6 Å². The van der Waals surface area contributed by atoms with Crippen LogP contribution in [0.15, 0.2) is 21.5 Å². The van der Waals surface area contributed by atoms with Crippen LogP contribution >= 0.6 is 15.9 Å². The van der Waals surface area contributed by atoms with E-state index in [1.54, 1.807) is 0 Å². The first-order valence-electron chi connectivity index (χ1n) is 4.78. The van der Waals surface area contributed by atoms with Crippen LogP contribution in [0.2, 0.25) is 0 Å². The molecule has 0 spiro atoms. The molecule has 1 amide bonds. The van der Waals surface area contributed by atoms with Crippen LogP contribution in [0.25, 0.3) is 0 Å². The van der Waals surface area contributed by atoms with Gasteiger partial charge in [0.05, 0.1) is 5.56 Å². The van der Waals surface area contributed by atoms with Crippen LogP contribution in [-0.4, -0.2) is 27.0 Å². The summed E-state index contributed by atoms with van der Waals surface area (Å²) < 4.78 is 71.8. The Morgan fingerprint density at radius 2 is 1.90 bits per heavy atom. The minimum absolute atomic E-state index is 0.0277. The minimum atomic E-state index is -4.68. The zero-order chi connectivity index (χ0) is 15.7. The Labute approximate surface area is 119 Å². The number of nitrogens with one attached hydrogen (secondary N) is 1. The van der Waals surface area contributed by atoms with Crippen LogP contribution in [0.1, 0.15) is 10.4 Å². The molecule has 1 aromatic rings. The summed E-state index contributed by atoms with van der Waals surface area (Å²) >= 11 is 2.81. The van der Waals surface area contributed by atoms with E-state index >= 15 is 0 Å². The molecular weight excluding hydrogens is 372 g/mol. The third-order valence-electron chi connectivity index (χ3n) is 2.00. The first-order valence-corrected chi connectivity index (χ1v) is 7.12. The molecule has 112 valence electrons. The van der Waals surface area contributed by atoms with Crippen molar-refractivity contribution in [2.45, 2.75) is 11.1 Å². The van der Waals surface area contributed by atoms with Gasteiger partial charge in [0.15, 0.2) is 5.82 Å². The topological polar surface area (TPSA) is 89.3 Å². The van der Waals surface area contributed by atoms with Gasteiger partial charge < -0.3 is 5.32 Å². The van der Waals surface area contributed by atoms with E-state index in [0.29, 0.717) is 0 Å². The maximum Gasteiger partial charge on any atom is 0.405 e. The van der Waals surface area contributed by atoms with E-state index in [-0.39, 0.29) is 4.47 Å². The van der Waals surface area contributed by atoms with Crippen LogP contribution < -0.4 is 10.5 Å². The Balaban J connectivity index is 3.20. The van der Waals surface area contributed by atoms with Crippen molar-refractivity contribution >= 4 is 31.9 Å². The molecule has 0 saturated carbocycles. The molecule has 0 heterocycles. The lowest BCUT2D eigenvalue weighted by atomic mass is 10.2. The average molecular weight is 379 g/mol. The van der Waals surface area contributed by atoms with Crippen LogP contribution in [0, 0.1) is 5.82 Å². The number of carbonyl (C=O) groups is 1. The molecule has 0 aromatic heterocycles. The minimum Gasteiger partial charge on any atom is -0.343 e. The van der Waals surface area contributed by atoms with Gasteiger partial charge >= 0.3 is 6.18 Å². The number of benzene rings is 1. The SMILES string of the molecule is NS(=O)(=O)c1cc(Br)cc(C(=O)NCC(F)(F)F)c1F. The second kappa shape index (κ2) is 5.66. The average Bonchev–Trinajstić information content (AvgIpc) is 2.26. The van der Waals surface area contributed by atoms with Crippen molar-refractivity contribution in [2.75, 3.05) is 6.54 Å². The summed E-state index contributed by atoms with van der Waals surface area (Å²) in [7, 11) is -4.46. The largest absolute Gasteiger partial charge is 0.405 e. The second-order valence-corrected chi connectivity index (χ2v) is 6.05. The number of halogens is 5. The lowest BCUT2D eigenvalue weighted by Crippen LogP contribution is -2.34. The number of hydrogen-bond donors (Lipinski definition) is 2. The Hall–Kier alpha value is -1.20. The van der Waals surface area contributed by atoms with E-state index in [1.807, 2.05) is 0 Å². The third-order valence-corrected chi connectivity index (χ3v) is 3.37. The maximum atomic E-state index is 13.8. The van der Waals surface area contributed by atoms with E-state index in [9.17, 15) is 30.8 Å². The fraction of sp³-hybridized carbons (Fsp3) is 0.222. The monoisotopic (exact) mass is 378 g/mol. The second-order valence-electron chi connectivity index (χ2n) is 3.61. The van der Waals surface area contributed by atoms with E-state index in [0.717, 1.165) is 12.1 Å². The molecule has 3 N–H and O–H groups in total. The standard InChI is InChI=1S/C9H7BrF4N2O3S/c10-4-1-5(8(17)16-3-9(12,13)14)7(11)6(2-4)20(15,18)19/h1-2H,3H2,(H,16,17)(H2,15,18,19). The predicted molar refractivity (Wildman–Crippen MR) is 63.9 cm³/mol. The summed E-state index contributed by atoms with van der Waals surface area (Å²) in [6.45, 7) is -1.68. The maximum absolute atomic E-state index is 13.8. The van der Waals surface area contributed by atoms with Crippen molar-refractivity contribution in [1.29, 1.82) is 0 Å². The van der Waals surface area contributed by atoms with Crippen molar-refractivity contribution in [3.8, 4) is 0 Å².